The van der Waals surface area contributed by atoms with E-state index in [2.05, 4.69) is 10.2 Å². The molecule has 0 aliphatic carbocycles. The van der Waals surface area contributed by atoms with Crippen LogP contribution in [0.25, 0.3) is 21.7 Å². The Morgan fingerprint density at radius 1 is 0.844 bits per heavy atom. The van der Waals surface area contributed by atoms with E-state index in [4.69, 9.17) is 9.47 Å². The molecular formula is C25H23N3O3S. The molecule has 0 saturated heterocycles. The molecule has 0 bridgehead atoms. The molecule has 3 aromatic carbocycles. The summed E-state index contributed by atoms with van der Waals surface area (Å²) in [7, 11) is 3.20. The van der Waals surface area contributed by atoms with Gasteiger partial charge in [0.2, 0.25) is 5.13 Å². The summed E-state index contributed by atoms with van der Waals surface area (Å²) in [6, 6.07) is 23.2. The van der Waals surface area contributed by atoms with Gasteiger partial charge in [0.05, 0.1) is 14.2 Å². The van der Waals surface area contributed by atoms with Gasteiger partial charge in [-0.2, -0.15) is 0 Å². The molecule has 1 aromatic heterocycles. The molecule has 6 nitrogen and oxygen atoms in total. The zero-order chi connectivity index (χ0) is 22.5. The number of ether oxygens (including phenoxy) is 2. The molecule has 1 amide bonds. The van der Waals surface area contributed by atoms with E-state index in [-0.39, 0.29) is 5.91 Å². The molecule has 0 N–H and O–H groups in total. The second-order valence-electron chi connectivity index (χ2n) is 6.98. The van der Waals surface area contributed by atoms with Gasteiger partial charge in [0, 0.05) is 23.7 Å². The lowest BCUT2D eigenvalue weighted by atomic mass is 10.0. The van der Waals surface area contributed by atoms with E-state index >= 15 is 0 Å². The summed E-state index contributed by atoms with van der Waals surface area (Å²) in [4.78, 5) is 14.8. The second-order valence-corrected chi connectivity index (χ2v) is 7.94. The molecule has 0 radical (unpaired) electrons. The van der Waals surface area contributed by atoms with Crippen LogP contribution < -0.4 is 14.4 Å². The average molecular weight is 446 g/mol. The lowest BCUT2D eigenvalue weighted by molar-refractivity contribution is 0.0988. The van der Waals surface area contributed by atoms with Gasteiger partial charge in [0.15, 0.2) is 0 Å². The zero-order valence-electron chi connectivity index (χ0n) is 18.1. The largest absolute Gasteiger partial charge is 0.497 e. The van der Waals surface area contributed by atoms with Crippen LogP contribution in [0.2, 0.25) is 0 Å². The molecular weight excluding hydrogens is 422 g/mol. The second kappa shape index (κ2) is 9.62. The van der Waals surface area contributed by atoms with E-state index in [1.54, 1.807) is 25.2 Å². The first-order valence-electron chi connectivity index (χ1n) is 10.2. The van der Waals surface area contributed by atoms with Crippen LogP contribution in [0.4, 0.5) is 5.13 Å². The van der Waals surface area contributed by atoms with Gasteiger partial charge in [0.25, 0.3) is 5.91 Å². The number of benzene rings is 3. The van der Waals surface area contributed by atoms with Crippen molar-refractivity contribution in [3.05, 3.63) is 78.4 Å². The molecule has 162 valence electrons. The Morgan fingerprint density at radius 2 is 1.47 bits per heavy atom. The summed E-state index contributed by atoms with van der Waals surface area (Å²) < 4.78 is 10.7. The number of hydrogen-bond donors (Lipinski definition) is 0. The molecule has 0 spiro atoms. The summed E-state index contributed by atoms with van der Waals surface area (Å²) in [5, 5.41) is 9.80. The van der Waals surface area contributed by atoms with Crippen molar-refractivity contribution in [3.8, 4) is 33.2 Å². The Labute approximate surface area is 191 Å². The Morgan fingerprint density at radius 3 is 2.06 bits per heavy atom. The van der Waals surface area contributed by atoms with Crippen molar-refractivity contribution in [2.75, 3.05) is 25.7 Å². The van der Waals surface area contributed by atoms with Gasteiger partial charge in [-0.3, -0.25) is 9.69 Å². The fraction of sp³-hybridized carbons (Fsp3) is 0.160. The molecule has 0 saturated carbocycles. The Balaban J connectivity index is 1.58. The first kappa shape index (κ1) is 21.5. The van der Waals surface area contributed by atoms with Gasteiger partial charge < -0.3 is 9.47 Å². The van der Waals surface area contributed by atoms with Crippen molar-refractivity contribution < 1.29 is 14.3 Å². The maximum atomic E-state index is 13.2. The third kappa shape index (κ3) is 4.48. The highest BCUT2D eigenvalue weighted by Gasteiger charge is 2.21. The van der Waals surface area contributed by atoms with E-state index in [0.717, 1.165) is 16.7 Å². The van der Waals surface area contributed by atoms with Crippen molar-refractivity contribution in [1.82, 2.24) is 10.2 Å². The number of rotatable bonds is 7. The van der Waals surface area contributed by atoms with Gasteiger partial charge in [0.1, 0.15) is 16.5 Å². The van der Waals surface area contributed by atoms with Crippen LogP contribution >= 0.6 is 11.3 Å². The van der Waals surface area contributed by atoms with E-state index in [9.17, 15) is 4.79 Å². The smallest absolute Gasteiger partial charge is 0.260 e. The minimum atomic E-state index is -0.113. The number of carbonyl (C=O) groups is 1. The van der Waals surface area contributed by atoms with E-state index < -0.39 is 0 Å². The number of aromatic nitrogens is 2. The molecule has 0 aliphatic rings. The number of anilines is 1. The fourth-order valence-corrected chi connectivity index (χ4v) is 4.22. The van der Waals surface area contributed by atoms with E-state index in [0.29, 0.717) is 33.7 Å². The van der Waals surface area contributed by atoms with E-state index in [1.165, 1.54) is 11.3 Å². The molecule has 0 aliphatic heterocycles. The molecule has 4 aromatic rings. The number of hydrogen-bond acceptors (Lipinski definition) is 6. The monoisotopic (exact) mass is 445 g/mol. The Kier molecular flexibility index (Phi) is 6.47. The van der Waals surface area contributed by atoms with Crippen LogP contribution in [0, 0.1) is 0 Å². The molecule has 0 unspecified atom stereocenters. The molecule has 7 heteroatoms. The lowest BCUT2D eigenvalue weighted by Crippen LogP contribution is -2.30. The maximum absolute atomic E-state index is 13.2. The van der Waals surface area contributed by atoms with Gasteiger partial charge in [-0.05, 0) is 42.3 Å². The minimum Gasteiger partial charge on any atom is -0.497 e. The third-order valence-electron chi connectivity index (χ3n) is 5.04. The van der Waals surface area contributed by atoms with Crippen LogP contribution in [-0.2, 0) is 0 Å². The highest BCUT2D eigenvalue weighted by molar-refractivity contribution is 7.18. The number of amides is 1. The summed E-state index contributed by atoms with van der Waals surface area (Å²) in [6.45, 7) is 2.40. The van der Waals surface area contributed by atoms with Gasteiger partial charge in [-0.1, -0.05) is 53.8 Å². The Bertz CT molecular complexity index is 1180. The van der Waals surface area contributed by atoms with Crippen LogP contribution in [0.1, 0.15) is 17.3 Å². The predicted octanol–water partition coefficient (Wildman–Crippen LogP) is 5.56. The van der Waals surface area contributed by atoms with Crippen LogP contribution in [0.15, 0.2) is 72.8 Å². The SMILES string of the molecule is CCN(C(=O)c1ccc(-c2ccccc2)cc1)c1nnc(-c2cc(OC)cc(OC)c2)s1. The molecule has 1 heterocycles. The number of nitrogens with zero attached hydrogens (tertiary/aromatic N) is 3. The fourth-order valence-electron chi connectivity index (χ4n) is 3.33. The third-order valence-corrected chi connectivity index (χ3v) is 6.04. The van der Waals surface area contributed by atoms with Crippen molar-refractivity contribution >= 4 is 22.4 Å². The predicted molar refractivity (Wildman–Crippen MR) is 128 cm³/mol. The highest BCUT2D eigenvalue weighted by Crippen LogP contribution is 2.34. The van der Waals surface area contributed by atoms with Gasteiger partial charge in [-0.15, -0.1) is 10.2 Å². The van der Waals surface area contributed by atoms with Crippen LogP contribution in [-0.4, -0.2) is 36.9 Å². The van der Waals surface area contributed by atoms with Crippen molar-refractivity contribution in [2.45, 2.75) is 6.92 Å². The van der Waals surface area contributed by atoms with E-state index in [1.807, 2.05) is 73.7 Å². The summed E-state index contributed by atoms with van der Waals surface area (Å²) in [5.41, 5.74) is 3.60. The van der Waals surface area contributed by atoms with Crippen molar-refractivity contribution in [3.63, 3.8) is 0 Å². The van der Waals surface area contributed by atoms with Crippen molar-refractivity contribution in [1.29, 1.82) is 0 Å². The van der Waals surface area contributed by atoms with Crippen LogP contribution in [0.3, 0.4) is 0 Å². The quantitative estimate of drug-likeness (QED) is 0.373. The molecule has 0 fully saturated rings. The zero-order valence-corrected chi connectivity index (χ0v) is 18.9. The van der Waals surface area contributed by atoms with Crippen molar-refractivity contribution in [2.24, 2.45) is 0 Å². The maximum Gasteiger partial charge on any atom is 0.260 e. The average Bonchev–Trinajstić information content (AvgIpc) is 3.34. The first-order valence-corrected chi connectivity index (χ1v) is 11.0. The highest BCUT2D eigenvalue weighted by atomic mass is 32.1. The van der Waals surface area contributed by atoms with Crippen LogP contribution in [0.5, 0.6) is 11.5 Å². The summed E-state index contributed by atoms with van der Waals surface area (Å²) in [5.74, 6) is 1.22. The van der Waals surface area contributed by atoms with Gasteiger partial charge >= 0.3 is 0 Å². The number of carbonyl (C=O) groups excluding carboxylic acids is 1. The molecule has 4 rings (SSSR count). The minimum absolute atomic E-state index is 0.113. The normalized spacial score (nSPS) is 10.6. The standard InChI is InChI=1S/C25H23N3O3S/c1-4-28(24(29)19-12-10-18(11-13-19)17-8-6-5-7-9-17)25-27-26-23(32-25)20-14-21(30-2)16-22(15-20)31-3/h5-16H,4H2,1-3H3. The van der Waals surface area contributed by atoms with Gasteiger partial charge in [-0.25, -0.2) is 0 Å². The lowest BCUT2D eigenvalue weighted by Gasteiger charge is -2.17. The molecule has 32 heavy (non-hydrogen) atoms. The molecule has 0 atom stereocenters. The first-order chi connectivity index (χ1) is 15.6. The summed E-state index contributed by atoms with van der Waals surface area (Å²) in [6.07, 6.45) is 0. The number of methoxy groups -OCH3 is 2. The Hall–Kier alpha value is -3.71. The topological polar surface area (TPSA) is 64.6 Å². The summed E-state index contributed by atoms with van der Waals surface area (Å²) >= 11 is 1.35.